The lowest BCUT2D eigenvalue weighted by Crippen LogP contribution is -2.36. The van der Waals surface area contributed by atoms with E-state index >= 15 is 0 Å². The van der Waals surface area contributed by atoms with Crippen molar-refractivity contribution in [1.82, 2.24) is 0 Å². The lowest BCUT2D eigenvalue weighted by molar-refractivity contribution is -0.384. The van der Waals surface area contributed by atoms with Crippen LogP contribution in [0.5, 0.6) is 0 Å². The van der Waals surface area contributed by atoms with Gasteiger partial charge in [-0.25, -0.2) is 4.79 Å². The largest absolute Gasteiger partial charge is 0.458 e. The molecule has 1 fully saturated rings. The van der Waals surface area contributed by atoms with Gasteiger partial charge in [0.2, 0.25) is 0 Å². The average Bonchev–Trinajstić information content (AvgIpc) is 3.18. The molecule has 8 heteroatoms. The van der Waals surface area contributed by atoms with Crippen LogP contribution in [0.3, 0.4) is 0 Å². The van der Waals surface area contributed by atoms with Gasteiger partial charge in [0, 0.05) is 18.1 Å². The number of nitrogens with zero attached hydrogens (tertiary/aromatic N) is 1. The van der Waals surface area contributed by atoms with Gasteiger partial charge in [-0.15, -0.1) is 6.58 Å². The Hall–Kier alpha value is -3.33. The highest BCUT2D eigenvalue weighted by atomic mass is 16.8. The Morgan fingerprint density at radius 2 is 1.76 bits per heavy atom. The highest BCUT2D eigenvalue weighted by Crippen LogP contribution is 2.34. The number of hydrogen-bond donors (Lipinski definition) is 0. The molecule has 0 saturated carbocycles. The van der Waals surface area contributed by atoms with Crippen LogP contribution in [0.1, 0.15) is 55.6 Å². The summed E-state index contributed by atoms with van der Waals surface area (Å²) in [7, 11) is 0. The van der Waals surface area contributed by atoms with Gasteiger partial charge in [0.05, 0.1) is 23.2 Å². The van der Waals surface area contributed by atoms with Crippen molar-refractivity contribution < 1.29 is 28.7 Å². The number of rotatable bonds is 12. The molecule has 0 bridgehead atoms. The normalized spacial score (nSPS) is 21.1. The monoisotopic (exact) mass is 523 g/mol. The molecule has 1 aliphatic heterocycles. The maximum Gasteiger partial charge on any atom is 0.338 e. The van der Waals surface area contributed by atoms with Gasteiger partial charge in [0.1, 0.15) is 18.3 Å². The van der Waals surface area contributed by atoms with E-state index in [4.69, 9.17) is 18.9 Å². The van der Waals surface area contributed by atoms with Crippen molar-refractivity contribution in [2.45, 2.75) is 77.8 Å². The second-order valence-corrected chi connectivity index (χ2v) is 10.1. The molecule has 2 aromatic carbocycles. The van der Waals surface area contributed by atoms with Gasteiger partial charge in [0.25, 0.3) is 5.69 Å². The van der Waals surface area contributed by atoms with Crippen molar-refractivity contribution in [3.8, 4) is 0 Å². The van der Waals surface area contributed by atoms with Crippen LogP contribution in [-0.4, -0.2) is 41.1 Å². The first kappa shape index (κ1) is 29.2. The van der Waals surface area contributed by atoms with E-state index in [0.717, 1.165) is 5.56 Å². The summed E-state index contributed by atoms with van der Waals surface area (Å²) in [5.74, 6) is -1.44. The fourth-order valence-electron chi connectivity index (χ4n) is 4.13. The van der Waals surface area contributed by atoms with Gasteiger partial charge in [-0.05, 0) is 51.8 Å². The number of nitro groups is 1. The van der Waals surface area contributed by atoms with E-state index in [0.29, 0.717) is 13.0 Å². The number of aryl methyl sites for hydroxylation is 1. The number of esters is 1. The van der Waals surface area contributed by atoms with Crippen LogP contribution in [0.2, 0.25) is 0 Å². The molecule has 2 aromatic rings. The summed E-state index contributed by atoms with van der Waals surface area (Å²) < 4.78 is 24.3. The van der Waals surface area contributed by atoms with E-state index in [1.54, 1.807) is 6.92 Å². The molecule has 0 aromatic heterocycles. The van der Waals surface area contributed by atoms with Crippen molar-refractivity contribution >= 4 is 11.7 Å². The van der Waals surface area contributed by atoms with Gasteiger partial charge in [-0.2, -0.15) is 0 Å². The molecule has 3 rings (SSSR count). The molecule has 204 valence electrons. The quantitative estimate of drug-likeness (QED) is 0.139. The minimum absolute atomic E-state index is 0.0846. The number of hydrogen-bond acceptors (Lipinski definition) is 7. The number of benzene rings is 2. The predicted octanol–water partition coefficient (Wildman–Crippen LogP) is 6.32. The SMILES string of the molecule is C=CC[C@@H]1OC(C)(C)O[C@@H]1[C@@H](/C=C\[C@@H](C)[C@H](C)OC(=O)c1ccc([N+](=O)[O-])cc1)OCc1ccc(C)cc1. The van der Waals surface area contributed by atoms with Crippen LogP contribution in [0, 0.1) is 23.0 Å². The Balaban J connectivity index is 1.71. The van der Waals surface area contributed by atoms with Crippen molar-refractivity contribution in [1.29, 1.82) is 0 Å². The first-order valence-electron chi connectivity index (χ1n) is 12.8. The number of nitro benzene ring substituents is 1. The van der Waals surface area contributed by atoms with E-state index in [9.17, 15) is 14.9 Å². The van der Waals surface area contributed by atoms with Gasteiger partial charge in [0.15, 0.2) is 5.79 Å². The van der Waals surface area contributed by atoms with Crippen molar-refractivity contribution in [2.24, 2.45) is 5.92 Å². The third-order valence-electron chi connectivity index (χ3n) is 6.46. The lowest BCUT2D eigenvalue weighted by Gasteiger charge is -2.25. The van der Waals surface area contributed by atoms with Gasteiger partial charge in [-0.3, -0.25) is 10.1 Å². The maximum atomic E-state index is 12.6. The highest BCUT2D eigenvalue weighted by Gasteiger charge is 2.44. The van der Waals surface area contributed by atoms with Crippen LogP contribution in [0.25, 0.3) is 0 Å². The molecule has 0 spiro atoms. The molecule has 8 nitrogen and oxygen atoms in total. The third-order valence-corrected chi connectivity index (χ3v) is 6.46. The number of non-ortho nitro benzene ring substituents is 1. The van der Waals surface area contributed by atoms with Crippen molar-refractivity contribution in [2.75, 3.05) is 0 Å². The smallest absolute Gasteiger partial charge is 0.338 e. The average molecular weight is 524 g/mol. The van der Waals surface area contributed by atoms with Crippen molar-refractivity contribution in [3.05, 3.63) is 100 Å². The third kappa shape index (κ3) is 8.08. The van der Waals surface area contributed by atoms with Gasteiger partial charge in [-0.1, -0.05) is 55.0 Å². The molecule has 0 radical (unpaired) electrons. The molecule has 0 unspecified atom stereocenters. The minimum Gasteiger partial charge on any atom is -0.458 e. The summed E-state index contributed by atoms with van der Waals surface area (Å²) in [5, 5.41) is 10.9. The fourth-order valence-corrected chi connectivity index (χ4v) is 4.13. The summed E-state index contributed by atoms with van der Waals surface area (Å²) in [4.78, 5) is 22.9. The molecular weight excluding hydrogens is 486 g/mol. The molecule has 5 atom stereocenters. The van der Waals surface area contributed by atoms with Crippen LogP contribution in [0.15, 0.2) is 73.3 Å². The standard InChI is InChI=1S/C30H37NO7/c1-7-8-27-28(38-30(5,6)37-27)26(35-19-23-12-9-20(2)10-13-23)18-11-21(3)22(4)36-29(32)24-14-16-25(17-15-24)31(33)34/h7,9-18,21-22,26-28H,1,8,19H2,2-6H3/b18-11-/t21-,22+,26-,27+,28-/m1/s1. The molecule has 0 N–H and O–H groups in total. The predicted molar refractivity (Wildman–Crippen MR) is 145 cm³/mol. The zero-order valence-electron chi connectivity index (χ0n) is 22.7. The first-order valence-corrected chi connectivity index (χ1v) is 12.8. The lowest BCUT2D eigenvalue weighted by atomic mass is 10.0. The Morgan fingerprint density at radius 3 is 2.37 bits per heavy atom. The molecule has 1 saturated heterocycles. The van der Waals surface area contributed by atoms with Crippen LogP contribution < -0.4 is 0 Å². The highest BCUT2D eigenvalue weighted by molar-refractivity contribution is 5.89. The fraction of sp³-hybridized carbons (Fsp3) is 0.433. The summed E-state index contributed by atoms with van der Waals surface area (Å²) in [6.45, 7) is 13.8. The Labute approximate surface area is 224 Å². The molecular formula is C30H37NO7. The molecule has 0 aliphatic carbocycles. The minimum atomic E-state index is -0.753. The summed E-state index contributed by atoms with van der Waals surface area (Å²) in [5.41, 5.74) is 2.39. The molecule has 38 heavy (non-hydrogen) atoms. The molecule has 0 amide bonds. The second-order valence-electron chi connectivity index (χ2n) is 10.1. The Morgan fingerprint density at radius 1 is 1.11 bits per heavy atom. The first-order chi connectivity index (χ1) is 18.0. The van der Waals surface area contributed by atoms with E-state index in [-0.39, 0.29) is 29.4 Å². The summed E-state index contributed by atoms with van der Waals surface area (Å²) >= 11 is 0. The second kappa shape index (κ2) is 13.0. The van der Waals surface area contributed by atoms with Gasteiger partial charge >= 0.3 is 5.97 Å². The molecule has 1 aliphatic rings. The van der Waals surface area contributed by atoms with E-state index in [2.05, 4.69) is 6.58 Å². The van der Waals surface area contributed by atoms with Crippen molar-refractivity contribution in [3.63, 3.8) is 0 Å². The maximum absolute atomic E-state index is 12.6. The number of carbonyl (C=O) groups excluding carboxylic acids is 1. The number of ether oxygens (including phenoxy) is 4. The van der Waals surface area contributed by atoms with Crippen LogP contribution in [-0.2, 0) is 25.6 Å². The van der Waals surface area contributed by atoms with Gasteiger partial charge < -0.3 is 18.9 Å². The van der Waals surface area contributed by atoms with E-state index in [1.807, 2.05) is 70.2 Å². The molecule has 1 heterocycles. The van der Waals surface area contributed by atoms with Crippen LogP contribution >= 0.6 is 0 Å². The Kier molecular flexibility index (Phi) is 9.96. The summed E-state index contributed by atoms with van der Waals surface area (Å²) in [6, 6.07) is 13.5. The zero-order chi connectivity index (χ0) is 27.9. The summed E-state index contributed by atoms with van der Waals surface area (Å²) in [6.07, 6.45) is 4.89. The van der Waals surface area contributed by atoms with Crippen LogP contribution in [0.4, 0.5) is 5.69 Å². The Bertz CT molecular complexity index is 1120. The number of carbonyl (C=O) groups is 1. The zero-order valence-corrected chi connectivity index (χ0v) is 22.7. The topological polar surface area (TPSA) is 97.1 Å². The van der Waals surface area contributed by atoms with E-state index < -0.39 is 28.9 Å². The van der Waals surface area contributed by atoms with E-state index in [1.165, 1.54) is 29.8 Å².